The van der Waals surface area contributed by atoms with Gasteiger partial charge in [0.05, 0.1) is 0 Å². The van der Waals surface area contributed by atoms with Crippen LogP contribution in [0.3, 0.4) is 0 Å². The summed E-state index contributed by atoms with van der Waals surface area (Å²) in [6, 6.07) is 15.1. The molecule has 2 rings (SSSR count). The van der Waals surface area contributed by atoms with E-state index in [9.17, 15) is 9.59 Å². The standard InChI is InChI=1S/C19H22N2O2/c1-3-15-9-5-7-11-17(15)21-18(22)12-13-20-19(23)16-10-6-4-8-14(16)2/h4-11H,3,12-13H2,1-2H3,(H,20,23)(H,21,22). The third-order valence-corrected chi connectivity index (χ3v) is 3.70. The predicted molar refractivity (Wildman–Crippen MR) is 92.6 cm³/mol. The maximum Gasteiger partial charge on any atom is 0.251 e. The highest BCUT2D eigenvalue weighted by Gasteiger charge is 2.09. The fraction of sp³-hybridized carbons (Fsp3) is 0.263. The number of carbonyl (C=O) groups excluding carboxylic acids is 2. The van der Waals surface area contributed by atoms with Gasteiger partial charge in [-0.1, -0.05) is 43.3 Å². The van der Waals surface area contributed by atoms with Crippen molar-refractivity contribution in [2.24, 2.45) is 0 Å². The number of aryl methyl sites for hydroxylation is 2. The van der Waals surface area contributed by atoms with E-state index < -0.39 is 0 Å². The summed E-state index contributed by atoms with van der Waals surface area (Å²) in [6.07, 6.45) is 1.11. The van der Waals surface area contributed by atoms with Gasteiger partial charge < -0.3 is 10.6 Å². The van der Waals surface area contributed by atoms with Crippen LogP contribution in [0.4, 0.5) is 5.69 Å². The molecule has 0 atom stereocenters. The lowest BCUT2D eigenvalue weighted by atomic mass is 10.1. The number of benzene rings is 2. The van der Waals surface area contributed by atoms with Gasteiger partial charge in [0, 0.05) is 24.2 Å². The molecule has 120 valence electrons. The van der Waals surface area contributed by atoms with Crippen LogP contribution in [0.1, 0.15) is 34.8 Å². The molecule has 23 heavy (non-hydrogen) atoms. The molecule has 0 saturated carbocycles. The van der Waals surface area contributed by atoms with Crippen molar-refractivity contribution >= 4 is 17.5 Å². The zero-order valence-electron chi connectivity index (χ0n) is 13.6. The largest absolute Gasteiger partial charge is 0.352 e. The van der Waals surface area contributed by atoms with Crippen LogP contribution >= 0.6 is 0 Å². The van der Waals surface area contributed by atoms with Gasteiger partial charge in [0.1, 0.15) is 0 Å². The second-order valence-corrected chi connectivity index (χ2v) is 5.38. The highest BCUT2D eigenvalue weighted by Crippen LogP contribution is 2.15. The number of carbonyl (C=O) groups is 2. The first kappa shape index (κ1) is 16.7. The van der Waals surface area contributed by atoms with Crippen LogP contribution in [0, 0.1) is 6.92 Å². The van der Waals surface area contributed by atoms with Gasteiger partial charge in [-0.05, 0) is 36.6 Å². The molecule has 2 aromatic carbocycles. The molecule has 0 aliphatic heterocycles. The molecular formula is C19H22N2O2. The molecule has 0 fully saturated rings. The van der Waals surface area contributed by atoms with Gasteiger partial charge in [-0.15, -0.1) is 0 Å². The van der Waals surface area contributed by atoms with Gasteiger partial charge in [0.15, 0.2) is 0 Å². The SMILES string of the molecule is CCc1ccccc1NC(=O)CCNC(=O)c1ccccc1C. The van der Waals surface area contributed by atoms with E-state index in [4.69, 9.17) is 0 Å². The van der Waals surface area contributed by atoms with Crippen LogP contribution in [-0.4, -0.2) is 18.4 Å². The van der Waals surface area contributed by atoms with E-state index in [1.165, 1.54) is 0 Å². The molecule has 0 saturated heterocycles. The zero-order chi connectivity index (χ0) is 16.7. The quantitative estimate of drug-likeness (QED) is 0.860. The van der Waals surface area contributed by atoms with E-state index in [-0.39, 0.29) is 18.2 Å². The summed E-state index contributed by atoms with van der Waals surface area (Å²) in [4.78, 5) is 24.1. The van der Waals surface area contributed by atoms with E-state index in [1.54, 1.807) is 6.07 Å². The molecule has 0 unspecified atom stereocenters. The second kappa shape index (κ2) is 8.13. The minimum atomic E-state index is -0.148. The van der Waals surface area contributed by atoms with Crippen LogP contribution < -0.4 is 10.6 Å². The highest BCUT2D eigenvalue weighted by atomic mass is 16.2. The molecule has 0 aliphatic carbocycles. The van der Waals surface area contributed by atoms with E-state index in [2.05, 4.69) is 10.6 Å². The molecular weight excluding hydrogens is 288 g/mol. The van der Waals surface area contributed by atoms with Gasteiger partial charge in [-0.2, -0.15) is 0 Å². The monoisotopic (exact) mass is 310 g/mol. The summed E-state index contributed by atoms with van der Waals surface area (Å²) < 4.78 is 0. The van der Waals surface area contributed by atoms with E-state index in [0.29, 0.717) is 12.1 Å². The number of hydrogen-bond donors (Lipinski definition) is 2. The summed E-state index contributed by atoms with van der Waals surface area (Å²) in [5.41, 5.74) is 3.51. The Labute approximate surface area is 136 Å². The first-order valence-corrected chi connectivity index (χ1v) is 7.83. The summed E-state index contributed by atoms with van der Waals surface area (Å²) >= 11 is 0. The number of anilines is 1. The molecule has 4 heteroatoms. The summed E-state index contributed by atoms with van der Waals surface area (Å²) in [5, 5.41) is 5.68. The lowest BCUT2D eigenvalue weighted by Gasteiger charge is -2.10. The minimum absolute atomic E-state index is 0.101. The van der Waals surface area contributed by atoms with Gasteiger partial charge in [0.2, 0.25) is 5.91 Å². The Hall–Kier alpha value is -2.62. The van der Waals surface area contributed by atoms with Crippen molar-refractivity contribution in [3.8, 4) is 0 Å². The number of hydrogen-bond acceptors (Lipinski definition) is 2. The van der Waals surface area contributed by atoms with Crippen LogP contribution in [0.2, 0.25) is 0 Å². The topological polar surface area (TPSA) is 58.2 Å². The summed E-state index contributed by atoms with van der Waals surface area (Å²) in [7, 11) is 0. The van der Waals surface area contributed by atoms with Crippen LogP contribution in [0.25, 0.3) is 0 Å². The van der Waals surface area contributed by atoms with Crippen LogP contribution in [-0.2, 0) is 11.2 Å². The van der Waals surface area contributed by atoms with E-state index >= 15 is 0 Å². The Morgan fingerprint density at radius 1 is 1.00 bits per heavy atom. The molecule has 0 spiro atoms. The predicted octanol–water partition coefficient (Wildman–Crippen LogP) is 3.32. The smallest absolute Gasteiger partial charge is 0.251 e. The van der Waals surface area contributed by atoms with E-state index in [1.807, 2.05) is 56.3 Å². The molecule has 2 amide bonds. The Balaban J connectivity index is 1.83. The lowest BCUT2D eigenvalue weighted by Crippen LogP contribution is -2.28. The van der Waals surface area contributed by atoms with Crippen molar-refractivity contribution in [1.82, 2.24) is 5.32 Å². The molecule has 0 aliphatic rings. The average Bonchev–Trinajstić information content (AvgIpc) is 2.55. The fourth-order valence-electron chi connectivity index (χ4n) is 2.38. The maximum atomic E-state index is 12.1. The Morgan fingerprint density at radius 2 is 1.70 bits per heavy atom. The molecule has 4 nitrogen and oxygen atoms in total. The second-order valence-electron chi connectivity index (χ2n) is 5.38. The highest BCUT2D eigenvalue weighted by molar-refractivity contribution is 5.96. The van der Waals surface area contributed by atoms with Gasteiger partial charge in [-0.25, -0.2) is 0 Å². The third kappa shape index (κ3) is 4.68. The fourth-order valence-corrected chi connectivity index (χ4v) is 2.38. The van der Waals surface area contributed by atoms with Gasteiger partial charge in [0.25, 0.3) is 5.91 Å². The number of amides is 2. The summed E-state index contributed by atoms with van der Waals surface area (Å²) in [6.45, 7) is 4.25. The van der Waals surface area contributed by atoms with Crippen molar-refractivity contribution < 1.29 is 9.59 Å². The van der Waals surface area contributed by atoms with Crippen molar-refractivity contribution in [2.45, 2.75) is 26.7 Å². The normalized spacial score (nSPS) is 10.2. The molecule has 0 bridgehead atoms. The Kier molecular flexibility index (Phi) is 5.92. The van der Waals surface area contributed by atoms with Crippen LogP contribution in [0.15, 0.2) is 48.5 Å². The van der Waals surface area contributed by atoms with Crippen molar-refractivity contribution in [3.63, 3.8) is 0 Å². The molecule has 0 radical (unpaired) electrons. The molecule has 0 heterocycles. The first-order valence-electron chi connectivity index (χ1n) is 7.83. The third-order valence-electron chi connectivity index (χ3n) is 3.70. The zero-order valence-corrected chi connectivity index (χ0v) is 13.6. The molecule has 2 N–H and O–H groups in total. The van der Waals surface area contributed by atoms with E-state index in [0.717, 1.165) is 23.2 Å². The number of nitrogens with one attached hydrogen (secondary N) is 2. The first-order chi connectivity index (χ1) is 11.1. The number of para-hydroxylation sites is 1. The molecule has 0 aromatic heterocycles. The Bertz CT molecular complexity index is 695. The van der Waals surface area contributed by atoms with Crippen molar-refractivity contribution in [3.05, 3.63) is 65.2 Å². The van der Waals surface area contributed by atoms with Crippen LogP contribution in [0.5, 0.6) is 0 Å². The minimum Gasteiger partial charge on any atom is -0.352 e. The Morgan fingerprint density at radius 3 is 2.43 bits per heavy atom. The molecule has 2 aromatic rings. The van der Waals surface area contributed by atoms with Gasteiger partial charge >= 0.3 is 0 Å². The van der Waals surface area contributed by atoms with Crippen molar-refractivity contribution in [1.29, 1.82) is 0 Å². The lowest BCUT2D eigenvalue weighted by molar-refractivity contribution is -0.116. The average molecular weight is 310 g/mol. The summed E-state index contributed by atoms with van der Waals surface area (Å²) in [5.74, 6) is -0.249. The van der Waals surface area contributed by atoms with Crippen molar-refractivity contribution in [2.75, 3.05) is 11.9 Å². The van der Waals surface area contributed by atoms with Gasteiger partial charge in [-0.3, -0.25) is 9.59 Å². The number of rotatable bonds is 6. The maximum absolute atomic E-state index is 12.1.